The largest absolute Gasteiger partial charge is 0.349 e. The zero-order valence-electron chi connectivity index (χ0n) is 15.7. The molecule has 0 unspecified atom stereocenters. The highest BCUT2D eigenvalue weighted by Gasteiger charge is 2.15. The molecule has 0 aliphatic heterocycles. The predicted molar refractivity (Wildman–Crippen MR) is 111 cm³/mol. The fraction of sp³-hybridized carbons (Fsp3) is 0.0909. The van der Waals surface area contributed by atoms with Crippen LogP contribution in [-0.2, 0) is 6.54 Å². The van der Waals surface area contributed by atoms with Crippen molar-refractivity contribution in [1.29, 1.82) is 0 Å². The van der Waals surface area contributed by atoms with Crippen molar-refractivity contribution < 1.29 is 9.59 Å². The predicted octanol–water partition coefficient (Wildman–Crippen LogP) is 2.46. The van der Waals surface area contributed by atoms with Crippen molar-refractivity contribution in [1.82, 2.24) is 15.1 Å². The van der Waals surface area contributed by atoms with Gasteiger partial charge in [0, 0.05) is 12.6 Å². The number of benzene rings is 2. The summed E-state index contributed by atoms with van der Waals surface area (Å²) < 4.78 is 1.23. The molecule has 146 valence electrons. The van der Waals surface area contributed by atoms with Gasteiger partial charge in [-0.2, -0.15) is 5.10 Å². The maximum Gasteiger partial charge on any atom is 0.276 e. The highest BCUT2D eigenvalue weighted by Crippen LogP contribution is 2.15. The van der Waals surface area contributed by atoms with Crippen molar-refractivity contribution in [3.05, 3.63) is 107 Å². The average Bonchev–Trinajstić information content (AvgIpc) is 2.74. The second-order valence-corrected chi connectivity index (χ2v) is 6.20. The molecule has 0 radical (unpaired) electrons. The van der Waals surface area contributed by atoms with E-state index in [0.29, 0.717) is 17.8 Å². The van der Waals surface area contributed by atoms with Crippen molar-refractivity contribution in [3.63, 3.8) is 0 Å². The van der Waals surface area contributed by atoms with Crippen molar-refractivity contribution in [2.45, 2.75) is 6.54 Å². The number of nitrogens with zero attached hydrogens (tertiary/aromatic N) is 2. The lowest BCUT2D eigenvalue weighted by molar-refractivity contribution is 0.0959. The van der Waals surface area contributed by atoms with E-state index in [9.17, 15) is 14.4 Å². The van der Waals surface area contributed by atoms with Crippen LogP contribution < -0.4 is 16.2 Å². The Morgan fingerprint density at radius 3 is 2.45 bits per heavy atom. The molecule has 1 aromatic heterocycles. The topological polar surface area (TPSA) is 93.1 Å². The molecule has 0 aliphatic rings. The zero-order chi connectivity index (χ0) is 20.6. The van der Waals surface area contributed by atoms with Gasteiger partial charge in [-0.1, -0.05) is 48.5 Å². The second kappa shape index (κ2) is 9.27. The second-order valence-electron chi connectivity index (χ2n) is 6.20. The van der Waals surface area contributed by atoms with Gasteiger partial charge in [-0.15, -0.1) is 6.58 Å². The minimum absolute atomic E-state index is 0.0711. The monoisotopic (exact) mass is 388 g/mol. The van der Waals surface area contributed by atoms with Crippen LogP contribution in [0.4, 0.5) is 5.69 Å². The Morgan fingerprint density at radius 2 is 1.69 bits per heavy atom. The minimum atomic E-state index is -0.518. The van der Waals surface area contributed by atoms with Gasteiger partial charge < -0.3 is 10.6 Å². The molecule has 0 atom stereocenters. The van der Waals surface area contributed by atoms with E-state index in [4.69, 9.17) is 0 Å². The quantitative estimate of drug-likeness (QED) is 0.608. The molecule has 0 saturated heterocycles. The van der Waals surface area contributed by atoms with Crippen LogP contribution in [0.1, 0.15) is 26.4 Å². The van der Waals surface area contributed by atoms with Crippen LogP contribution in [0, 0.1) is 0 Å². The normalized spacial score (nSPS) is 10.2. The van der Waals surface area contributed by atoms with Gasteiger partial charge in [-0.25, -0.2) is 4.68 Å². The van der Waals surface area contributed by atoms with Crippen LogP contribution in [0.5, 0.6) is 0 Å². The van der Waals surface area contributed by atoms with Crippen molar-refractivity contribution in [2.75, 3.05) is 11.9 Å². The lowest BCUT2D eigenvalue weighted by Crippen LogP contribution is -2.28. The molecule has 29 heavy (non-hydrogen) atoms. The third kappa shape index (κ3) is 5.04. The summed E-state index contributed by atoms with van der Waals surface area (Å²) in [6.45, 7) is 4.13. The Kier molecular flexibility index (Phi) is 6.32. The Balaban J connectivity index is 1.81. The third-order valence-corrected chi connectivity index (χ3v) is 4.10. The zero-order valence-corrected chi connectivity index (χ0v) is 15.7. The van der Waals surface area contributed by atoms with Crippen molar-refractivity contribution >= 4 is 17.5 Å². The molecule has 0 aliphatic carbocycles. The Bertz CT molecular complexity index is 1090. The fourth-order valence-corrected chi connectivity index (χ4v) is 2.68. The first-order valence-electron chi connectivity index (χ1n) is 9.00. The number of nitrogens with one attached hydrogen (secondary N) is 2. The summed E-state index contributed by atoms with van der Waals surface area (Å²) in [6, 6.07) is 18.7. The van der Waals surface area contributed by atoms with Crippen LogP contribution >= 0.6 is 0 Å². The van der Waals surface area contributed by atoms with E-state index in [1.807, 2.05) is 30.3 Å². The van der Waals surface area contributed by atoms with E-state index in [2.05, 4.69) is 22.3 Å². The molecule has 0 fully saturated rings. The molecule has 7 nitrogen and oxygen atoms in total. The highest BCUT2D eigenvalue weighted by atomic mass is 16.2. The molecular formula is C22H20N4O3. The van der Waals surface area contributed by atoms with Gasteiger partial charge >= 0.3 is 0 Å². The van der Waals surface area contributed by atoms with E-state index >= 15 is 0 Å². The van der Waals surface area contributed by atoms with Gasteiger partial charge in [0.2, 0.25) is 0 Å². The van der Waals surface area contributed by atoms with Gasteiger partial charge in [0.25, 0.3) is 17.4 Å². The van der Waals surface area contributed by atoms with Crippen LogP contribution in [-0.4, -0.2) is 28.1 Å². The molecule has 1 heterocycles. The highest BCUT2D eigenvalue weighted by molar-refractivity contribution is 6.08. The van der Waals surface area contributed by atoms with Gasteiger partial charge in [-0.05, 0) is 23.8 Å². The first-order chi connectivity index (χ1) is 14.1. The summed E-state index contributed by atoms with van der Waals surface area (Å²) in [7, 11) is 0. The van der Waals surface area contributed by atoms with Gasteiger partial charge in [0.1, 0.15) is 5.69 Å². The summed E-state index contributed by atoms with van der Waals surface area (Å²) in [5, 5.41) is 9.53. The molecule has 2 amide bonds. The Morgan fingerprint density at radius 1 is 0.966 bits per heavy atom. The average molecular weight is 388 g/mol. The van der Waals surface area contributed by atoms with Gasteiger partial charge in [0.05, 0.1) is 17.8 Å². The lowest BCUT2D eigenvalue weighted by atomic mass is 10.1. The summed E-state index contributed by atoms with van der Waals surface area (Å²) in [5.41, 5.74) is 1.32. The molecule has 7 heteroatoms. The van der Waals surface area contributed by atoms with E-state index < -0.39 is 5.91 Å². The molecular weight excluding hydrogens is 368 g/mol. The third-order valence-electron chi connectivity index (χ3n) is 4.10. The van der Waals surface area contributed by atoms with E-state index in [-0.39, 0.29) is 23.7 Å². The fourth-order valence-electron chi connectivity index (χ4n) is 2.68. The van der Waals surface area contributed by atoms with Gasteiger partial charge in [-0.3, -0.25) is 14.4 Å². The minimum Gasteiger partial charge on any atom is -0.349 e. The number of amides is 2. The van der Waals surface area contributed by atoms with Crippen LogP contribution in [0.15, 0.2) is 84.2 Å². The summed E-state index contributed by atoms with van der Waals surface area (Å²) in [5.74, 6) is -0.849. The van der Waals surface area contributed by atoms with Crippen molar-refractivity contribution in [3.8, 4) is 0 Å². The first kappa shape index (κ1) is 19.8. The Labute approximate surface area is 167 Å². The number of anilines is 1. The summed E-state index contributed by atoms with van der Waals surface area (Å²) >= 11 is 0. The number of hydrogen-bond acceptors (Lipinski definition) is 4. The van der Waals surface area contributed by atoms with E-state index in [1.165, 1.54) is 16.8 Å². The first-order valence-corrected chi connectivity index (χ1v) is 9.00. The lowest BCUT2D eigenvalue weighted by Gasteiger charge is -2.11. The maximum absolute atomic E-state index is 12.7. The van der Waals surface area contributed by atoms with E-state index in [1.54, 1.807) is 30.3 Å². The molecule has 0 saturated carbocycles. The maximum atomic E-state index is 12.7. The smallest absolute Gasteiger partial charge is 0.276 e. The standard InChI is InChI=1S/C22H20N4O3/c1-2-14-23-21(28)17-10-6-7-11-18(17)24-22(29)19-12-13-20(27)26(25-19)15-16-8-4-3-5-9-16/h2-13H,1,14-15H2,(H,23,28)(H,24,29). The number of aromatic nitrogens is 2. The molecule has 2 aromatic carbocycles. The molecule has 2 N–H and O–H groups in total. The summed E-state index contributed by atoms with van der Waals surface area (Å²) in [4.78, 5) is 37.1. The van der Waals surface area contributed by atoms with Crippen LogP contribution in [0.2, 0.25) is 0 Å². The van der Waals surface area contributed by atoms with Crippen LogP contribution in [0.3, 0.4) is 0 Å². The van der Waals surface area contributed by atoms with Gasteiger partial charge in [0.15, 0.2) is 0 Å². The van der Waals surface area contributed by atoms with Crippen molar-refractivity contribution in [2.24, 2.45) is 0 Å². The number of para-hydroxylation sites is 1. The number of carbonyl (C=O) groups excluding carboxylic acids is 2. The number of rotatable bonds is 7. The number of carbonyl (C=O) groups is 2. The Hall–Kier alpha value is -4.00. The van der Waals surface area contributed by atoms with E-state index in [0.717, 1.165) is 5.56 Å². The molecule has 0 bridgehead atoms. The SMILES string of the molecule is C=CCNC(=O)c1ccccc1NC(=O)c1ccc(=O)n(Cc2ccccc2)n1. The molecule has 0 spiro atoms. The molecule has 3 aromatic rings. The summed E-state index contributed by atoms with van der Waals surface area (Å²) in [6.07, 6.45) is 1.57. The van der Waals surface area contributed by atoms with Crippen LogP contribution in [0.25, 0.3) is 0 Å². The molecule has 3 rings (SSSR count). The number of hydrogen-bond donors (Lipinski definition) is 2.